The summed E-state index contributed by atoms with van der Waals surface area (Å²) in [4.78, 5) is 25.5. The number of aromatic hydroxyl groups is 1. The molecule has 106 valence electrons. The molecule has 0 saturated carbocycles. The number of benzene rings is 1. The van der Waals surface area contributed by atoms with E-state index >= 15 is 0 Å². The van der Waals surface area contributed by atoms with Crippen LogP contribution in [0.2, 0.25) is 0 Å². The fourth-order valence-electron chi connectivity index (χ4n) is 1.76. The Morgan fingerprint density at radius 2 is 1.95 bits per heavy atom. The zero-order chi connectivity index (χ0) is 15.0. The number of amides is 2. The third-order valence-electron chi connectivity index (χ3n) is 2.68. The number of hydrogen-bond donors (Lipinski definition) is 1. The summed E-state index contributed by atoms with van der Waals surface area (Å²) in [6, 6.07) is 3.20. The van der Waals surface area contributed by atoms with Crippen LogP contribution in [0.25, 0.3) is 6.08 Å². The molecule has 0 spiro atoms. The molecule has 1 saturated heterocycles. The number of rotatable bonds is 2. The topological polar surface area (TPSA) is 57.6 Å². The standard InChI is InChI=1S/C13H11Br2NO3S/c1-6(2)16-12(18)10(20-13(16)19)4-7-3-8(14)5-9(15)11(7)17/h3-6,17H,1-2H3/b10-4-. The number of imide groups is 1. The van der Waals surface area contributed by atoms with Crippen molar-refractivity contribution in [3.8, 4) is 5.75 Å². The van der Waals surface area contributed by atoms with Gasteiger partial charge in [-0.15, -0.1) is 0 Å². The molecule has 1 aromatic rings. The van der Waals surface area contributed by atoms with Crippen LogP contribution in [0.15, 0.2) is 26.0 Å². The lowest BCUT2D eigenvalue weighted by Crippen LogP contribution is -2.34. The van der Waals surface area contributed by atoms with Crippen molar-refractivity contribution in [3.63, 3.8) is 0 Å². The smallest absolute Gasteiger partial charge is 0.293 e. The van der Waals surface area contributed by atoms with Gasteiger partial charge in [-0.1, -0.05) is 15.9 Å². The molecule has 0 aromatic heterocycles. The van der Waals surface area contributed by atoms with E-state index in [-0.39, 0.29) is 22.9 Å². The minimum Gasteiger partial charge on any atom is -0.506 e. The van der Waals surface area contributed by atoms with Crippen molar-refractivity contribution in [2.75, 3.05) is 0 Å². The first-order valence-corrected chi connectivity index (χ1v) is 8.16. The molecule has 4 nitrogen and oxygen atoms in total. The van der Waals surface area contributed by atoms with E-state index in [0.717, 1.165) is 16.2 Å². The van der Waals surface area contributed by atoms with E-state index in [2.05, 4.69) is 31.9 Å². The van der Waals surface area contributed by atoms with Crippen LogP contribution in [-0.2, 0) is 4.79 Å². The van der Waals surface area contributed by atoms with Gasteiger partial charge in [0.05, 0.1) is 9.38 Å². The molecule has 0 unspecified atom stereocenters. The highest BCUT2D eigenvalue weighted by Crippen LogP contribution is 2.37. The Morgan fingerprint density at radius 1 is 1.30 bits per heavy atom. The van der Waals surface area contributed by atoms with Crippen molar-refractivity contribution in [1.82, 2.24) is 4.90 Å². The lowest BCUT2D eigenvalue weighted by molar-refractivity contribution is -0.123. The molecule has 0 bridgehead atoms. The summed E-state index contributed by atoms with van der Waals surface area (Å²) < 4.78 is 1.28. The van der Waals surface area contributed by atoms with Gasteiger partial charge in [0.1, 0.15) is 5.75 Å². The highest BCUT2D eigenvalue weighted by molar-refractivity contribution is 9.11. The van der Waals surface area contributed by atoms with Crippen LogP contribution in [0, 0.1) is 0 Å². The van der Waals surface area contributed by atoms with Crippen LogP contribution in [0.5, 0.6) is 5.75 Å². The maximum Gasteiger partial charge on any atom is 0.293 e. The number of carbonyl (C=O) groups is 2. The van der Waals surface area contributed by atoms with Gasteiger partial charge in [-0.25, -0.2) is 0 Å². The number of phenols is 1. The van der Waals surface area contributed by atoms with Crippen molar-refractivity contribution in [3.05, 3.63) is 31.5 Å². The van der Waals surface area contributed by atoms with Crippen molar-refractivity contribution in [2.24, 2.45) is 0 Å². The summed E-state index contributed by atoms with van der Waals surface area (Å²) >= 11 is 7.43. The number of halogens is 2. The normalized spacial score (nSPS) is 17.6. The number of thioether (sulfide) groups is 1. The van der Waals surface area contributed by atoms with Crippen LogP contribution < -0.4 is 0 Å². The minimum absolute atomic E-state index is 0.0320. The Balaban J connectivity index is 2.43. The molecule has 2 rings (SSSR count). The van der Waals surface area contributed by atoms with Gasteiger partial charge in [-0.2, -0.15) is 0 Å². The van der Waals surface area contributed by atoms with E-state index in [4.69, 9.17) is 0 Å². The number of carbonyl (C=O) groups excluding carboxylic acids is 2. The van der Waals surface area contributed by atoms with Crippen LogP contribution in [0.3, 0.4) is 0 Å². The van der Waals surface area contributed by atoms with Gasteiger partial charge >= 0.3 is 0 Å². The van der Waals surface area contributed by atoms with E-state index in [1.165, 1.54) is 11.0 Å². The SMILES string of the molecule is CC(C)N1C(=O)S/C(=C\c2cc(Br)cc(Br)c2O)C1=O. The average molecular weight is 421 g/mol. The van der Waals surface area contributed by atoms with Crippen molar-refractivity contribution < 1.29 is 14.7 Å². The van der Waals surface area contributed by atoms with E-state index < -0.39 is 0 Å². The van der Waals surface area contributed by atoms with Crippen LogP contribution in [0.1, 0.15) is 19.4 Å². The molecular formula is C13H11Br2NO3S. The first-order chi connectivity index (χ1) is 9.31. The van der Waals surface area contributed by atoms with Crippen molar-refractivity contribution >= 4 is 60.8 Å². The third kappa shape index (κ3) is 2.94. The quantitative estimate of drug-likeness (QED) is 0.722. The zero-order valence-electron chi connectivity index (χ0n) is 10.7. The molecular weight excluding hydrogens is 410 g/mol. The van der Waals surface area contributed by atoms with E-state index in [9.17, 15) is 14.7 Å². The Hall–Kier alpha value is -0.790. The van der Waals surface area contributed by atoms with Crippen molar-refractivity contribution in [1.29, 1.82) is 0 Å². The largest absolute Gasteiger partial charge is 0.506 e. The van der Waals surface area contributed by atoms with Gasteiger partial charge in [0, 0.05) is 16.1 Å². The molecule has 1 N–H and O–H groups in total. The summed E-state index contributed by atoms with van der Waals surface area (Å²) in [6.45, 7) is 3.57. The number of phenolic OH excluding ortho intramolecular Hbond substituents is 1. The highest BCUT2D eigenvalue weighted by Gasteiger charge is 2.36. The summed E-state index contributed by atoms with van der Waals surface area (Å²) in [5.74, 6) is -0.296. The molecule has 2 amide bonds. The number of nitrogens with zero attached hydrogens (tertiary/aromatic N) is 1. The highest BCUT2D eigenvalue weighted by atomic mass is 79.9. The lowest BCUT2D eigenvalue weighted by Gasteiger charge is -2.16. The maximum atomic E-state index is 12.2. The van der Waals surface area contributed by atoms with Gasteiger partial charge in [0.2, 0.25) is 0 Å². The average Bonchev–Trinajstić information content (AvgIpc) is 2.60. The van der Waals surface area contributed by atoms with Gasteiger partial charge < -0.3 is 5.11 Å². The van der Waals surface area contributed by atoms with E-state index in [0.29, 0.717) is 14.9 Å². The molecule has 1 heterocycles. The minimum atomic E-state index is -0.328. The summed E-state index contributed by atoms with van der Waals surface area (Å²) in [6.07, 6.45) is 1.53. The van der Waals surface area contributed by atoms with E-state index in [1.807, 2.05) is 0 Å². The predicted molar refractivity (Wildman–Crippen MR) is 86.5 cm³/mol. The summed E-state index contributed by atoms with van der Waals surface area (Å²) in [5, 5.41) is 9.69. The van der Waals surface area contributed by atoms with Gasteiger partial charge in [-0.05, 0) is 59.7 Å². The van der Waals surface area contributed by atoms with E-state index in [1.54, 1.807) is 26.0 Å². The fourth-order valence-corrected chi connectivity index (χ4v) is 3.97. The Bertz CT molecular complexity index is 628. The molecule has 0 aliphatic carbocycles. The second-order valence-corrected chi connectivity index (χ2v) is 7.23. The van der Waals surface area contributed by atoms with Gasteiger partial charge in [-0.3, -0.25) is 14.5 Å². The molecule has 1 fully saturated rings. The monoisotopic (exact) mass is 419 g/mol. The fraction of sp³-hybridized carbons (Fsp3) is 0.231. The molecule has 0 atom stereocenters. The molecule has 0 radical (unpaired) electrons. The molecule has 7 heteroatoms. The second kappa shape index (κ2) is 5.91. The third-order valence-corrected chi connectivity index (χ3v) is 4.63. The summed E-state index contributed by atoms with van der Waals surface area (Å²) in [7, 11) is 0. The van der Waals surface area contributed by atoms with Crippen LogP contribution >= 0.6 is 43.6 Å². The van der Waals surface area contributed by atoms with Gasteiger partial charge in [0.25, 0.3) is 11.1 Å². The van der Waals surface area contributed by atoms with Crippen molar-refractivity contribution in [2.45, 2.75) is 19.9 Å². The Labute approximate surface area is 137 Å². The first-order valence-electron chi connectivity index (χ1n) is 5.76. The summed E-state index contributed by atoms with van der Waals surface area (Å²) in [5.41, 5.74) is 0.473. The number of hydrogen-bond acceptors (Lipinski definition) is 4. The Morgan fingerprint density at radius 3 is 2.50 bits per heavy atom. The molecule has 20 heavy (non-hydrogen) atoms. The molecule has 1 aromatic carbocycles. The maximum absolute atomic E-state index is 12.2. The molecule has 1 aliphatic rings. The zero-order valence-corrected chi connectivity index (χ0v) is 14.7. The lowest BCUT2D eigenvalue weighted by atomic mass is 10.2. The van der Waals surface area contributed by atoms with Crippen LogP contribution in [0.4, 0.5) is 4.79 Å². The predicted octanol–water partition coefficient (Wildman–Crippen LogP) is 4.36. The second-order valence-electron chi connectivity index (χ2n) is 4.47. The van der Waals surface area contributed by atoms with Crippen LogP contribution in [-0.4, -0.2) is 27.2 Å². The first kappa shape index (κ1) is 15.6. The Kier molecular flexibility index (Phi) is 4.61. The van der Waals surface area contributed by atoms with Gasteiger partial charge in [0.15, 0.2) is 0 Å². The molecule has 1 aliphatic heterocycles.